The van der Waals surface area contributed by atoms with Gasteiger partial charge < -0.3 is 25.0 Å². The molecule has 136 valence electrons. The molecule has 0 aromatic carbocycles. The molecule has 1 saturated heterocycles. The van der Waals surface area contributed by atoms with Gasteiger partial charge >= 0.3 is 0 Å². The maximum absolute atomic E-state index is 13.0. The van der Waals surface area contributed by atoms with Crippen molar-refractivity contribution in [2.75, 3.05) is 26.8 Å². The lowest BCUT2D eigenvalue weighted by molar-refractivity contribution is -0.0396. The van der Waals surface area contributed by atoms with Crippen LogP contribution in [0.4, 0.5) is 0 Å². The molecule has 1 fully saturated rings. The van der Waals surface area contributed by atoms with Crippen LogP contribution in [0.15, 0.2) is 11.0 Å². The normalized spacial score (nSPS) is 23.3. The molecule has 2 aliphatic rings. The van der Waals surface area contributed by atoms with E-state index in [2.05, 4.69) is 4.90 Å². The lowest BCUT2D eigenvalue weighted by atomic mass is 10.0. The number of methoxy groups -OCH3 is 1. The van der Waals surface area contributed by atoms with Gasteiger partial charge in [0.1, 0.15) is 11.7 Å². The summed E-state index contributed by atoms with van der Waals surface area (Å²) < 4.78 is 6.59. The first-order chi connectivity index (χ1) is 11.9. The molecule has 0 bridgehead atoms. The van der Waals surface area contributed by atoms with E-state index in [1.165, 1.54) is 10.8 Å². The van der Waals surface area contributed by atoms with Crippen molar-refractivity contribution in [2.45, 2.75) is 32.1 Å². The second-order valence-corrected chi connectivity index (χ2v) is 6.45. The molecule has 9 heteroatoms. The van der Waals surface area contributed by atoms with E-state index < -0.39 is 23.0 Å². The highest BCUT2D eigenvalue weighted by atomic mass is 16.5. The van der Waals surface area contributed by atoms with Gasteiger partial charge in [0, 0.05) is 32.4 Å². The molecule has 2 aliphatic heterocycles. The van der Waals surface area contributed by atoms with Crippen molar-refractivity contribution in [3.8, 4) is 5.75 Å². The van der Waals surface area contributed by atoms with Crippen LogP contribution in [0.5, 0.6) is 5.75 Å². The van der Waals surface area contributed by atoms with Gasteiger partial charge in [0.2, 0.25) is 5.43 Å². The molecule has 2 amide bonds. The van der Waals surface area contributed by atoms with Crippen molar-refractivity contribution < 1.29 is 19.4 Å². The summed E-state index contributed by atoms with van der Waals surface area (Å²) in [6.07, 6.45) is 1.82. The third-order valence-corrected chi connectivity index (χ3v) is 4.95. The van der Waals surface area contributed by atoms with E-state index in [4.69, 9.17) is 10.5 Å². The summed E-state index contributed by atoms with van der Waals surface area (Å²) in [6.45, 7) is 4.27. The Labute approximate surface area is 144 Å². The molecule has 0 saturated carbocycles. The van der Waals surface area contributed by atoms with Gasteiger partial charge in [-0.2, -0.15) is 0 Å². The van der Waals surface area contributed by atoms with Crippen molar-refractivity contribution in [1.82, 2.24) is 14.4 Å². The molecule has 9 nitrogen and oxygen atoms in total. The zero-order chi connectivity index (χ0) is 18.3. The number of hydrogen-bond acceptors (Lipinski definition) is 6. The Morgan fingerprint density at radius 3 is 2.80 bits per heavy atom. The Hall–Kier alpha value is -2.39. The molecule has 0 aliphatic carbocycles. The fraction of sp³-hybridized carbons (Fsp3) is 0.562. The minimum atomic E-state index is -0.932. The van der Waals surface area contributed by atoms with Gasteiger partial charge in [0.15, 0.2) is 11.4 Å². The summed E-state index contributed by atoms with van der Waals surface area (Å²) in [5.41, 5.74) is 3.89. The van der Waals surface area contributed by atoms with Gasteiger partial charge in [-0.1, -0.05) is 0 Å². The van der Waals surface area contributed by atoms with E-state index in [0.29, 0.717) is 19.7 Å². The number of aromatic hydroxyl groups is 1. The highest BCUT2D eigenvalue weighted by Crippen LogP contribution is 2.30. The van der Waals surface area contributed by atoms with Gasteiger partial charge in [-0.25, -0.2) is 0 Å². The van der Waals surface area contributed by atoms with E-state index in [-0.39, 0.29) is 23.5 Å². The SMILES string of the molecule is COCCN1CCC(C)N2C(=O)c3c(O)c(=O)c(C(N)=O)cn3CC12. The molecule has 25 heavy (non-hydrogen) atoms. The summed E-state index contributed by atoms with van der Waals surface area (Å²) in [5, 5.41) is 10.2. The molecule has 1 aromatic heterocycles. The lowest BCUT2D eigenvalue weighted by Crippen LogP contribution is -2.64. The summed E-state index contributed by atoms with van der Waals surface area (Å²) in [6, 6.07) is -0.0182. The zero-order valence-electron chi connectivity index (χ0n) is 14.3. The molecule has 2 atom stereocenters. The number of pyridine rings is 1. The molecule has 2 unspecified atom stereocenters. The van der Waals surface area contributed by atoms with E-state index in [1.807, 2.05) is 6.92 Å². The summed E-state index contributed by atoms with van der Waals surface area (Å²) in [4.78, 5) is 40.4. The quantitative estimate of drug-likeness (QED) is 0.732. The molecule has 0 spiro atoms. The Balaban J connectivity index is 2.08. The van der Waals surface area contributed by atoms with Crippen LogP contribution in [0.2, 0.25) is 0 Å². The Bertz CT molecular complexity index is 773. The number of carbonyl (C=O) groups is 2. The number of fused-ring (bicyclic) bond motifs is 2. The zero-order valence-corrected chi connectivity index (χ0v) is 14.3. The van der Waals surface area contributed by atoms with Crippen LogP contribution in [0, 0.1) is 0 Å². The standard InChI is InChI=1S/C16H22N4O5/c1-9-3-4-18(5-6-25-2)11-8-19-7-10(15(17)23)13(21)14(22)12(19)16(24)20(9)11/h7,9,11,22H,3-6,8H2,1-2H3,(H2,17,23). The van der Waals surface area contributed by atoms with E-state index in [9.17, 15) is 19.5 Å². The number of aromatic nitrogens is 1. The van der Waals surface area contributed by atoms with E-state index in [0.717, 1.165) is 13.0 Å². The van der Waals surface area contributed by atoms with Gasteiger partial charge in [-0.3, -0.25) is 19.3 Å². The Morgan fingerprint density at radius 1 is 1.44 bits per heavy atom. The summed E-state index contributed by atoms with van der Waals surface area (Å²) in [5.74, 6) is -2.07. The molecule has 3 N–H and O–H groups in total. The van der Waals surface area contributed by atoms with Gasteiger partial charge in [-0.05, 0) is 13.3 Å². The highest BCUT2D eigenvalue weighted by Gasteiger charge is 2.43. The summed E-state index contributed by atoms with van der Waals surface area (Å²) >= 11 is 0. The first-order valence-corrected chi connectivity index (χ1v) is 8.18. The molecular weight excluding hydrogens is 328 g/mol. The van der Waals surface area contributed by atoms with Crippen LogP contribution in [-0.4, -0.2) is 70.3 Å². The van der Waals surface area contributed by atoms with Crippen molar-refractivity contribution >= 4 is 11.8 Å². The first-order valence-electron chi connectivity index (χ1n) is 8.18. The number of hydrogen-bond donors (Lipinski definition) is 2. The predicted octanol–water partition coefficient (Wildman–Crippen LogP) is -0.825. The maximum atomic E-state index is 13.0. The molecule has 0 radical (unpaired) electrons. The molecule has 1 aromatic rings. The fourth-order valence-electron chi connectivity index (χ4n) is 3.61. The van der Waals surface area contributed by atoms with Crippen molar-refractivity contribution in [2.24, 2.45) is 5.73 Å². The number of ether oxygens (including phenoxy) is 1. The maximum Gasteiger partial charge on any atom is 0.276 e. The number of carbonyl (C=O) groups excluding carboxylic acids is 2. The number of nitrogens with zero attached hydrogens (tertiary/aromatic N) is 3. The molecule has 3 rings (SSSR count). The first kappa shape index (κ1) is 17.4. The number of rotatable bonds is 4. The number of nitrogens with two attached hydrogens (primary N) is 1. The Kier molecular flexibility index (Phi) is 4.53. The van der Waals surface area contributed by atoms with E-state index in [1.54, 1.807) is 12.0 Å². The minimum absolute atomic E-state index is 0.0182. The second-order valence-electron chi connectivity index (χ2n) is 6.45. The topological polar surface area (TPSA) is 118 Å². The number of primary amides is 1. The summed E-state index contributed by atoms with van der Waals surface area (Å²) in [7, 11) is 1.62. The largest absolute Gasteiger partial charge is 0.503 e. The third-order valence-electron chi connectivity index (χ3n) is 4.95. The second kappa shape index (κ2) is 6.49. The van der Waals surface area contributed by atoms with Crippen molar-refractivity contribution in [3.05, 3.63) is 27.7 Å². The minimum Gasteiger partial charge on any atom is -0.503 e. The molecular formula is C16H22N4O5. The predicted molar refractivity (Wildman–Crippen MR) is 88.4 cm³/mol. The van der Waals surface area contributed by atoms with Gasteiger partial charge in [0.25, 0.3) is 11.8 Å². The van der Waals surface area contributed by atoms with Gasteiger partial charge in [0.05, 0.1) is 13.2 Å². The van der Waals surface area contributed by atoms with Crippen LogP contribution in [-0.2, 0) is 11.3 Å². The monoisotopic (exact) mass is 350 g/mol. The van der Waals surface area contributed by atoms with Gasteiger partial charge in [-0.15, -0.1) is 0 Å². The highest BCUT2D eigenvalue weighted by molar-refractivity contribution is 5.98. The van der Waals surface area contributed by atoms with E-state index >= 15 is 0 Å². The number of amides is 2. The van der Waals surface area contributed by atoms with Crippen LogP contribution >= 0.6 is 0 Å². The van der Waals surface area contributed by atoms with Crippen LogP contribution in [0.25, 0.3) is 0 Å². The van der Waals surface area contributed by atoms with Crippen molar-refractivity contribution in [3.63, 3.8) is 0 Å². The van der Waals surface area contributed by atoms with Crippen LogP contribution in [0.1, 0.15) is 34.2 Å². The smallest absolute Gasteiger partial charge is 0.276 e. The van der Waals surface area contributed by atoms with Crippen LogP contribution < -0.4 is 11.2 Å². The van der Waals surface area contributed by atoms with Crippen molar-refractivity contribution in [1.29, 1.82) is 0 Å². The lowest BCUT2D eigenvalue weighted by Gasteiger charge is -2.50. The average molecular weight is 350 g/mol. The molecule has 3 heterocycles. The van der Waals surface area contributed by atoms with Crippen LogP contribution in [0.3, 0.4) is 0 Å². The third kappa shape index (κ3) is 2.79. The average Bonchev–Trinajstić information content (AvgIpc) is 2.56. The Morgan fingerprint density at radius 2 is 2.16 bits per heavy atom. The fourth-order valence-corrected chi connectivity index (χ4v) is 3.61.